The molecule has 2 aliphatic heterocycles. The van der Waals surface area contributed by atoms with E-state index >= 15 is 0 Å². The van der Waals surface area contributed by atoms with Crippen LogP contribution >= 0.6 is 0 Å². The van der Waals surface area contributed by atoms with Gasteiger partial charge in [0, 0.05) is 24.5 Å². The van der Waals surface area contributed by atoms with Gasteiger partial charge in [0.25, 0.3) is 0 Å². The molecule has 3 heterocycles. The Morgan fingerprint density at radius 3 is 2.62 bits per heavy atom. The molecular formula is C18H24N2O. The molecule has 1 aromatic heterocycles. The van der Waals surface area contributed by atoms with Crippen molar-refractivity contribution in [3.63, 3.8) is 0 Å². The van der Waals surface area contributed by atoms with Crippen LogP contribution in [0.25, 0.3) is 11.0 Å². The molecule has 3 heteroatoms. The molecule has 0 atom stereocenters. The van der Waals surface area contributed by atoms with E-state index in [4.69, 9.17) is 4.42 Å². The molecule has 0 N–H and O–H groups in total. The predicted molar refractivity (Wildman–Crippen MR) is 85.4 cm³/mol. The largest absolute Gasteiger partial charge is 0.459 e. The zero-order valence-corrected chi connectivity index (χ0v) is 12.8. The van der Waals surface area contributed by atoms with Gasteiger partial charge in [-0.25, -0.2) is 0 Å². The standard InChI is InChI=1S/C18H24N2O/c1-14-16-7-3-4-8-17(16)21-18(14)13-19-11-15(12-19)20-9-5-2-6-10-20/h3-4,7-8,15H,2,5-6,9-13H2,1H3. The van der Waals surface area contributed by atoms with E-state index < -0.39 is 0 Å². The maximum atomic E-state index is 6.03. The quantitative estimate of drug-likeness (QED) is 0.861. The Bertz CT molecular complexity index is 621. The first-order chi connectivity index (χ1) is 10.3. The number of aryl methyl sites for hydroxylation is 1. The molecular weight excluding hydrogens is 260 g/mol. The fourth-order valence-electron chi connectivity index (χ4n) is 3.77. The number of hydrogen-bond acceptors (Lipinski definition) is 3. The van der Waals surface area contributed by atoms with E-state index in [-0.39, 0.29) is 0 Å². The van der Waals surface area contributed by atoms with Crippen LogP contribution in [0.15, 0.2) is 28.7 Å². The lowest BCUT2D eigenvalue weighted by atomic mass is 10.0. The summed E-state index contributed by atoms with van der Waals surface area (Å²) >= 11 is 0. The number of para-hydroxylation sites is 1. The van der Waals surface area contributed by atoms with E-state index in [1.54, 1.807) is 0 Å². The molecule has 0 unspecified atom stereocenters. The van der Waals surface area contributed by atoms with Gasteiger partial charge in [-0.15, -0.1) is 0 Å². The number of likely N-dealkylation sites (tertiary alicyclic amines) is 2. The van der Waals surface area contributed by atoms with Crippen LogP contribution in [0.4, 0.5) is 0 Å². The Morgan fingerprint density at radius 1 is 1.10 bits per heavy atom. The van der Waals surface area contributed by atoms with Crippen LogP contribution < -0.4 is 0 Å². The minimum absolute atomic E-state index is 0.787. The number of rotatable bonds is 3. The number of nitrogens with zero attached hydrogens (tertiary/aromatic N) is 2. The summed E-state index contributed by atoms with van der Waals surface area (Å²) in [5.74, 6) is 1.15. The van der Waals surface area contributed by atoms with Crippen LogP contribution in [0.5, 0.6) is 0 Å². The van der Waals surface area contributed by atoms with Gasteiger partial charge in [-0.2, -0.15) is 0 Å². The summed E-state index contributed by atoms with van der Waals surface area (Å²) in [7, 11) is 0. The molecule has 2 saturated heterocycles. The van der Waals surface area contributed by atoms with Crippen molar-refractivity contribution in [2.45, 2.75) is 38.8 Å². The van der Waals surface area contributed by atoms with Crippen molar-refractivity contribution < 1.29 is 4.42 Å². The van der Waals surface area contributed by atoms with Crippen LogP contribution in [0.2, 0.25) is 0 Å². The van der Waals surface area contributed by atoms with Crippen LogP contribution in [-0.4, -0.2) is 42.0 Å². The molecule has 4 rings (SSSR count). The third-order valence-corrected chi connectivity index (χ3v) is 5.15. The molecule has 0 aliphatic carbocycles. The summed E-state index contributed by atoms with van der Waals surface area (Å²) in [6.45, 7) is 8.17. The van der Waals surface area contributed by atoms with E-state index in [9.17, 15) is 0 Å². The average molecular weight is 284 g/mol. The van der Waals surface area contributed by atoms with Crippen LogP contribution in [0, 0.1) is 6.92 Å². The highest BCUT2D eigenvalue weighted by Gasteiger charge is 2.32. The average Bonchev–Trinajstić information content (AvgIpc) is 2.80. The molecule has 2 fully saturated rings. The van der Waals surface area contributed by atoms with Gasteiger partial charge in [-0.05, 0) is 44.5 Å². The highest BCUT2D eigenvalue weighted by Crippen LogP contribution is 2.28. The first kappa shape index (κ1) is 13.4. The molecule has 3 nitrogen and oxygen atoms in total. The second-order valence-corrected chi connectivity index (χ2v) is 6.59. The second kappa shape index (κ2) is 5.47. The van der Waals surface area contributed by atoms with Crippen molar-refractivity contribution >= 4 is 11.0 Å². The number of benzene rings is 1. The Balaban J connectivity index is 1.39. The van der Waals surface area contributed by atoms with Gasteiger partial charge in [0.2, 0.25) is 0 Å². The van der Waals surface area contributed by atoms with Crippen LogP contribution in [0.3, 0.4) is 0 Å². The van der Waals surface area contributed by atoms with E-state index in [0.717, 1.165) is 23.9 Å². The molecule has 21 heavy (non-hydrogen) atoms. The molecule has 0 radical (unpaired) electrons. The van der Waals surface area contributed by atoms with Gasteiger partial charge in [-0.3, -0.25) is 9.80 Å². The van der Waals surface area contributed by atoms with Gasteiger partial charge in [0.15, 0.2) is 0 Å². The van der Waals surface area contributed by atoms with Crippen LogP contribution in [-0.2, 0) is 6.54 Å². The first-order valence-electron chi connectivity index (χ1n) is 8.24. The lowest BCUT2D eigenvalue weighted by Crippen LogP contribution is -2.59. The predicted octanol–water partition coefficient (Wildman–Crippen LogP) is 3.41. The second-order valence-electron chi connectivity index (χ2n) is 6.59. The Hall–Kier alpha value is -1.32. The van der Waals surface area contributed by atoms with Crippen molar-refractivity contribution in [3.8, 4) is 0 Å². The van der Waals surface area contributed by atoms with Gasteiger partial charge >= 0.3 is 0 Å². The molecule has 1 aromatic carbocycles. The molecule has 0 spiro atoms. The van der Waals surface area contributed by atoms with E-state index in [1.165, 1.54) is 56.4 Å². The summed E-state index contributed by atoms with van der Waals surface area (Å²) in [6, 6.07) is 9.15. The van der Waals surface area contributed by atoms with E-state index in [1.807, 2.05) is 6.07 Å². The van der Waals surface area contributed by atoms with Crippen molar-refractivity contribution in [3.05, 3.63) is 35.6 Å². The maximum Gasteiger partial charge on any atom is 0.134 e. The smallest absolute Gasteiger partial charge is 0.134 e. The van der Waals surface area contributed by atoms with Gasteiger partial charge in [0.1, 0.15) is 11.3 Å². The first-order valence-corrected chi connectivity index (χ1v) is 8.24. The summed E-state index contributed by atoms with van der Waals surface area (Å²) in [4.78, 5) is 5.20. The zero-order chi connectivity index (χ0) is 14.2. The summed E-state index contributed by atoms with van der Waals surface area (Å²) in [6.07, 6.45) is 4.20. The van der Waals surface area contributed by atoms with Gasteiger partial charge < -0.3 is 4.42 Å². The van der Waals surface area contributed by atoms with Crippen molar-refractivity contribution in [1.29, 1.82) is 0 Å². The van der Waals surface area contributed by atoms with Crippen LogP contribution in [0.1, 0.15) is 30.6 Å². The highest BCUT2D eigenvalue weighted by atomic mass is 16.3. The summed E-state index contributed by atoms with van der Waals surface area (Å²) in [5.41, 5.74) is 2.34. The lowest BCUT2D eigenvalue weighted by Gasteiger charge is -2.46. The summed E-state index contributed by atoms with van der Waals surface area (Å²) in [5, 5.41) is 1.26. The maximum absolute atomic E-state index is 6.03. The van der Waals surface area contributed by atoms with Crippen molar-refractivity contribution in [2.75, 3.05) is 26.2 Å². The number of piperidine rings is 1. The zero-order valence-electron chi connectivity index (χ0n) is 12.8. The molecule has 0 amide bonds. The van der Waals surface area contributed by atoms with Crippen molar-refractivity contribution in [1.82, 2.24) is 9.80 Å². The molecule has 2 aliphatic rings. The normalized spacial score (nSPS) is 21.8. The summed E-state index contributed by atoms with van der Waals surface area (Å²) < 4.78 is 6.03. The highest BCUT2D eigenvalue weighted by molar-refractivity contribution is 5.81. The number of furan rings is 1. The minimum Gasteiger partial charge on any atom is -0.459 e. The number of fused-ring (bicyclic) bond motifs is 1. The van der Waals surface area contributed by atoms with Gasteiger partial charge in [0.05, 0.1) is 6.54 Å². The molecule has 2 aromatic rings. The Kier molecular flexibility index (Phi) is 3.48. The third kappa shape index (κ3) is 2.49. The van der Waals surface area contributed by atoms with E-state index in [0.29, 0.717) is 0 Å². The molecule has 0 saturated carbocycles. The monoisotopic (exact) mass is 284 g/mol. The van der Waals surface area contributed by atoms with Crippen molar-refractivity contribution in [2.24, 2.45) is 0 Å². The Morgan fingerprint density at radius 2 is 1.86 bits per heavy atom. The molecule has 0 bridgehead atoms. The topological polar surface area (TPSA) is 19.6 Å². The fraction of sp³-hybridized carbons (Fsp3) is 0.556. The minimum atomic E-state index is 0.787. The molecule has 112 valence electrons. The number of hydrogen-bond donors (Lipinski definition) is 0. The van der Waals surface area contributed by atoms with E-state index in [2.05, 4.69) is 34.9 Å². The third-order valence-electron chi connectivity index (χ3n) is 5.15. The lowest BCUT2D eigenvalue weighted by molar-refractivity contribution is 0.0151. The van der Waals surface area contributed by atoms with Gasteiger partial charge in [-0.1, -0.05) is 24.6 Å². The Labute approximate surface area is 126 Å². The SMILES string of the molecule is Cc1c(CN2CC(N3CCCCC3)C2)oc2ccccc12. The fourth-order valence-corrected chi connectivity index (χ4v) is 3.77.